The van der Waals surface area contributed by atoms with E-state index < -0.39 is 5.97 Å². The van der Waals surface area contributed by atoms with Crippen molar-refractivity contribution in [3.05, 3.63) is 28.3 Å². The average Bonchev–Trinajstić information content (AvgIpc) is 2.47. The number of likely N-dealkylation sites (tertiary alicyclic amines) is 1. The Bertz CT molecular complexity index is 539. The van der Waals surface area contributed by atoms with Crippen molar-refractivity contribution in [2.24, 2.45) is 5.92 Å². The highest BCUT2D eigenvalue weighted by Crippen LogP contribution is 2.29. The summed E-state index contributed by atoms with van der Waals surface area (Å²) in [4.78, 5) is 13.4. The standard InChI is InChI=1S/C17H25NO3/c1-11-8-16(21-4)13(3)12(2)15(11)10-18-7-5-6-14(9-18)17(19)20/h8,14H,5-7,9-10H2,1-4H3,(H,19,20). The summed E-state index contributed by atoms with van der Waals surface area (Å²) in [6.07, 6.45) is 1.76. The number of methoxy groups -OCH3 is 1. The summed E-state index contributed by atoms with van der Waals surface area (Å²) in [5, 5.41) is 9.20. The van der Waals surface area contributed by atoms with Gasteiger partial charge in [0, 0.05) is 13.1 Å². The number of rotatable bonds is 4. The maximum atomic E-state index is 11.2. The highest BCUT2D eigenvalue weighted by Gasteiger charge is 2.26. The molecule has 1 aromatic carbocycles. The number of nitrogens with zero attached hydrogens (tertiary/aromatic N) is 1. The number of hydrogen-bond donors (Lipinski definition) is 1. The minimum atomic E-state index is -0.668. The van der Waals surface area contributed by atoms with Crippen LogP contribution in [0, 0.1) is 26.7 Å². The molecule has 0 saturated carbocycles. The van der Waals surface area contributed by atoms with Gasteiger partial charge in [0.1, 0.15) is 5.75 Å². The topological polar surface area (TPSA) is 49.8 Å². The third-order valence-corrected chi connectivity index (χ3v) is 4.66. The van der Waals surface area contributed by atoms with E-state index in [4.69, 9.17) is 4.74 Å². The second-order valence-corrected chi connectivity index (χ2v) is 6.04. The van der Waals surface area contributed by atoms with E-state index in [1.807, 2.05) is 0 Å². The molecule has 1 heterocycles. The number of ether oxygens (including phenoxy) is 1. The Morgan fingerprint density at radius 1 is 1.38 bits per heavy atom. The van der Waals surface area contributed by atoms with Crippen LogP contribution in [0.3, 0.4) is 0 Å². The van der Waals surface area contributed by atoms with Crippen LogP contribution < -0.4 is 4.74 Å². The van der Waals surface area contributed by atoms with E-state index in [1.165, 1.54) is 22.3 Å². The van der Waals surface area contributed by atoms with Crippen molar-refractivity contribution in [2.45, 2.75) is 40.2 Å². The molecule has 0 aliphatic carbocycles. The number of aryl methyl sites for hydroxylation is 1. The predicted molar refractivity (Wildman–Crippen MR) is 82.8 cm³/mol. The summed E-state index contributed by atoms with van der Waals surface area (Å²) in [7, 11) is 1.70. The van der Waals surface area contributed by atoms with E-state index >= 15 is 0 Å². The minimum Gasteiger partial charge on any atom is -0.496 e. The lowest BCUT2D eigenvalue weighted by molar-refractivity contribution is -0.143. The van der Waals surface area contributed by atoms with Gasteiger partial charge >= 0.3 is 5.97 Å². The average molecular weight is 291 g/mol. The fourth-order valence-electron chi connectivity index (χ4n) is 3.18. The smallest absolute Gasteiger partial charge is 0.307 e. The van der Waals surface area contributed by atoms with E-state index in [-0.39, 0.29) is 5.92 Å². The van der Waals surface area contributed by atoms with Gasteiger partial charge in [-0.25, -0.2) is 0 Å². The van der Waals surface area contributed by atoms with Gasteiger partial charge in [-0.3, -0.25) is 9.69 Å². The van der Waals surface area contributed by atoms with Gasteiger partial charge < -0.3 is 9.84 Å². The zero-order chi connectivity index (χ0) is 15.6. The summed E-state index contributed by atoms with van der Waals surface area (Å²) < 4.78 is 5.41. The fourth-order valence-corrected chi connectivity index (χ4v) is 3.18. The van der Waals surface area contributed by atoms with Crippen LogP contribution in [0.2, 0.25) is 0 Å². The number of hydrogen-bond acceptors (Lipinski definition) is 3. The Morgan fingerprint density at radius 2 is 2.10 bits per heavy atom. The molecule has 116 valence electrons. The summed E-state index contributed by atoms with van der Waals surface area (Å²) in [6.45, 7) is 8.76. The number of carbonyl (C=O) groups is 1. The molecule has 1 N–H and O–H groups in total. The van der Waals surface area contributed by atoms with Gasteiger partial charge in [-0.05, 0) is 68.5 Å². The molecule has 1 aliphatic rings. The molecule has 0 amide bonds. The molecule has 0 spiro atoms. The lowest BCUT2D eigenvalue weighted by atomic mass is 9.94. The lowest BCUT2D eigenvalue weighted by Gasteiger charge is -2.31. The first-order chi connectivity index (χ1) is 9.93. The van der Waals surface area contributed by atoms with Crippen molar-refractivity contribution in [3.8, 4) is 5.75 Å². The van der Waals surface area contributed by atoms with Gasteiger partial charge in [0.05, 0.1) is 13.0 Å². The molecule has 4 heteroatoms. The predicted octanol–water partition coefficient (Wildman–Crippen LogP) is 2.92. The summed E-state index contributed by atoms with van der Waals surface area (Å²) in [5.74, 6) is 0.0357. The summed E-state index contributed by atoms with van der Waals surface area (Å²) >= 11 is 0. The molecule has 0 bridgehead atoms. The van der Waals surface area contributed by atoms with Crippen LogP contribution in [0.5, 0.6) is 5.75 Å². The fraction of sp³-hybridized carbons (Fsp3) is 0.588. The van der Waals surface area contributed by atoms with Gasteiger partial charge in [-0.15, -0.1) is 0 Å². The number of carboxylic acids is 1. The van der Waals surface area contributed by atoms with Crippen LogP contribution in [0.25, 0.3) is 0 Å². The highest BCUT2D eigenvalue weighted by atomic mass is 16.5. The molecule has 0 aromatic heterocycles. The van der Waals surface area contributed by atoms with Gasteiger partial charge in [0.15, 0.2) is 0 Å². The monoisotopic (exact) mass is 291 g/mol. The molecule has 1 saturated heterocycles. The largest absolute Gasteiger partial charge is 0.496 e. The Balaban J connectivity index is 2.20. The number of benzene rings is 1. The minimum absolute atomic E-state index is 0.223. The molecule has 4 nitrogen and oxygen atoms in total. The van der Waals surface area contributed by atoms with Gasteiger partial charge in [0.2, 0.25) is 0 Å². The SMILES string of the molecule is COc1cc(C)c(CN2CCCC(C(=O)O)C2)c(C)c1C. The third kappa shape index (κ3) is 3.38. The zero-order valence-corrected chi connectivity index (χ0v) is 13.4. The van der Waals surface area contributed by atoms with Gasteiger partial charge in [-0.2, -0.15) is 0 Å². The molecule has 2 rings (SSSR count). The normalized spacial score (nSPS) is 19.5. The first-order valence-corrected chi connectivity index (χ1v) is 7.52. The van der Waals surface area contributed by atoms with Crippen molar-refractivity contribution in [1.82, 2.24) is 4.90 Å². The van der Waals surface area contributed by atoms with E-state index in [0.717, 1.165) is 31.7 Å². The number of aliphatic carboxylic acids is 1. The van der Waals surface area contributed by atoms with Crippen LogP contribution in [0.15, 0.2) is 6.07 Å². The van der Waals surface area contributed by atoms with Gasteiger partial charge in [0.25, 0.3) is 0 Å². The summed E-state index contributed by atoms with van der Waals surface area (Å²) in [6, 6.07) is 2.08. The number of carboxylic acid groups (broad SMARTS) is 1. The van der Waals surface area contributed by atoms with Crippen LogP contribution in [-0.2, 0) is 11.3 Å². The first-order valence-electron chi connectivity index (χ1n) is 7.52. The Labute approximate surface area is 126 Å². The van der Waals surface area contributed by atoms with Crippen LogP contribution in [0.1, 0.15) is 35.1 Å². The Morgan fingerprint density at radius 3 is 2.71 bits per heavy atom. The molecule has 1 aromatic rings. The van der Waals surface area contributed by atoms with Gasteiger partial charge in [-0.1, -0.05) is 0 Å². The van der Waals surface area contributed by atoms with Crippen molar-refractivity contribution in [3.63, 3.8) is 0 Å². The molecule has 0 radical (unpaired) electrons. The second-order valence-electron chi connectivity index (χ2n) is 6.04. The maximum absolute atomic E-state index is 11.2. The van der Waals surface area contributed by atoms with E-state index in [0.29, 0.717) is 6.54 Å². The van der Waals surface area contributed by atoms with E-state index in [2.05, 4.69) is 31.7 Å². The molecular weight excluding hydrogens is 266 g/mol. The quantitative estimate of drug-likeness (QED) is 0.926. The Hall–Kier alpha value is -1.55. The molecule has 1 fully saturated rings. The summed E-state index contributed by atoms with van der Waals surface area (Å²) in [5.41, 5.74) is 4.95. The molecule has 1 atom stereocenters. The number of piperidine rings is 1. The van der Waals surface area contributed by atoms with Crippen molar-refractivity contribution >= 4 is 5.97 Å². The molecule has 1 unspecified atom stereocenters. The van der Waals surface area contributed by atoms with Crippen molar-refractivity contribution in [1.29, 1.82) is 0 Å². The van der Waals surface area contributed by atoms with Crippen LogP contribution in [0.4, 0.5) is 0 Å². The Kier molecular flexibility index (Phi) is 4.88. The van der Waals surface area contributed by atoms with Crippen LogP contribution >= 0.6 is 0 Å². The molecule has 21 heavy (non-hydrogen) atoms. The van der Waals surface area contributed by atoms with Crippen molar-refractivity contribution < 1.29 is 14.6 Å². The third-order valence-electron chi connectivity index (χ3n) is 4.66. The van der Waals surface area contributed by atoms with Crippen LogP contribution in [-0.4, -0.2) is 36.2 Å². The second kappa shape index (κ2) is 6.48. The molecule has 1 aliphatic heterocycles. The van der Waals surface area contributed by atoms with Crippen molar-refractivity contribution in [2.75, 3.05) is 20.2 Å². The zero-order valence-electron chi connectivity index (χ0n) is 13.4. The van der Waals surface area contributed by atoms with E-state index in [1.54, 1.807) is 7.11 Å². The highest BCUT2D eigenvalue weighted by molar-refractivity contribution is 5.70. The maximum Gasteiger partial charge on any atom is 0.307 e. The molecular formula is C17H25NO3. The lowest BCUT2D eigenvalue weighted by Crippen LogP contribution is -2.38. The first kappa shape index (κ1) is 15.8. The van der Waals surface area contributed by atoms with E-state index in [9.17, 15) is 9.90 Å².